The van der Waals surface area contributed by atoms with Crippen LogP contribution in [-0.2, 0) is 12.8 Å². The molecule has 0 spiro atoms. The van der Waals surface area contributed by atoms with E-state index in [1.54, 1.807) is 12.1 Å². The van der Waals surface area contributed by atoms with Gasteiger partial charge in [-0.1, -0.05) is 36.4 Å². The molecule has 1 aromatic heterocycles. The molecule has 1 saturated heterocycles. The van der Waals surface area contributed by atoms with Gasteiger partial charge in [-0.2, -0.15) is 0 Å². The minimum Gasteiger partial charge on any atom is -0.457 e. The Labute approximate surface area is 200 Å². The Kier molecular flexibility index (Phi) is 5.26. The summed E-state index contributed by atoms with van der Waals surface area (Å²) in [6, 6.07) is 20.2. The van der Waals surface area contributed by atoms with Gasteiger partial charge in [-0.05, 0) is 80.7 Å². The summed E-state index contributed by atoms with van der Waals surface area (Å²) < 4.78 is 23.2. The van der Waals surface area contributed by atoms with Gasteiger partial charge in [0, 0.05) is 34.3 Å². The van der Waals surface area contributed by atoms with E-state index in [1.165, 1.54) is 24.0 Å². The molecule has 0 amide bonds. The van der Waals surface area contributed by atoms with Crippen LogP contribution in [-0.4, -0.2) is 29.1 Å². The lowest BCUT2D eigenvalue weighted by atomic mass is 9.89. The Balaban J connectivity index is 1.58. The average molecular weight is 453 g/mol. The number of hydrogen-bond donors (Lipinski definition) is 0. The molecule has 2 aliphatic heterocycles. The second-order valence-corrected chi connectivity index (χ2v) is 9.57. The van der Waals surface area contributed by atoms with Gasteiger partial charge in [0.15, 0.2) is 0 Å². The number of ether oxygens (including phenoxy) is 1. The van der Waals surface area contributed by atoms with E-state index in [1.807, 2.05) is 36.4 Å². The Bertz CT molecular complexity index is 1390. The number of halogens is 1. The zero-order chi connectivity index (χ0) is 23.2. The molecule has 0 saturated carbocycles. The number of likely N-dealkylation sites (N-methyl/N-ethyl adjacent to an activating group) is 1. The van der Waals surface area contributed by atoms with Crippen molar-refractivity contribution < 1.29 is 9.13 Å². The first-order valence-corrected chi connectivity index (χ1v) is 12.1. The van der Waals surface area contributed by atoms with Gasteiger partial charge < -0.3 is 14.2 Å². The van der Waals surface area contributed by atoms with Gasteiger partial charge in [0.2, 0.25) is 0 Å². The van der Waals surface area contributed by atoms with Crippen LogP contribution < -0.4 is 4.74 Å². The highest BCUT2D eigenvalue weighted by molar-refractivity contribution is 5.85. The van der Waals surface area contributed by atoms with E-state index < -0.39 is 0 Å². The van der Waals surface area contributed by atoms with Crippen LogP contribution >= 0.6 is 0 Å². The molecule has 2 atom stereocenters. The summed E-state index contributed by atoms with van der Waals surface area (Å²) in [4.78, 5) is 2.43. The molecular formula is C30H29FN2O. The maximum absolute atomic E-state index is 14.5. The molecule has 0 aliphatic carbocycles. The molecule has 0 radical (unpaired) electrons. The number of para-hydroxylation sites is 1. The predicted octanol–water partition coefficient (Wildman–Crippen LogP) is 6.89. The summed E-state index contributed by atoms with van der Waals surface area (Å²) >= 11 is 0. The molecule has 3 heterocycles. The van der Waals surface area contributed by atoms with E-state index in [9.17, 15) is 4.39 Å². The molecule has 0 N–H and O–H groups in total. The highest BCUT2D eigenvalue weighted by Crippen LogP contribution is 2.48. The van der Waals surface area contributed by atoms with Crippen molar-refractivity contribution in [2.45, 2.75) is 37.8 Å². The minimum absolute atomic E-state index is 0.0564. The number of rotatable bonds is 5. The van der Waals surface area contributed by atoms with Crippen molar-refractivity contribution in [1.82, 2.24) is 9.47 Å². The van der Waals surface area contributed by atoms with Crippen LogP contribution in [0.1, 0.15) is 41.1 Å². The van der Waals surface area contributed by atoms with Crippen molar-refractivity contribution in [1.29, 1.82) is 0 Å². The van der Waals surface area contributed by atoms with Crippen LogP contribution in [0.5, 0.6) is 11.5 Å². The number of hydrogen-bond acceptors (Lipinski definition) is 2. The Morgan fingerprint density at radius 3 is 2.74 bits per heavy atom. The van der Waals surface area contributed by atoms with Crippen molar-refractivity contribution in [3.63, 3.8) is 0 Å². The molecular weight excluding hydrogens is 423 g/mol. The summed E-state index contributed by atoms with van der Waals surface area (Å²) in [6.45, 7) is 5.11. The first kappa shape index (κ1) is 21.2. The van der Waals surface area contributed by atoms with Gasteiger partial charge in [0.25, 0.3) is 0 Å². The molecule has 172 valence electrons. The maximum Gasteiger partial charge on any atom is 0.133 e. The van der Waals surface area contributed by atoms with Gasteiger partial charge in [0.05, 0.1) is 6.04 Å². The third-order valence-corrected chi connectivity index (χ3v) is 7.51. The van der Waals surface area contributed by atoms with Gasteiger partial charge in [-0.15, -0.1) is 6.58 Å². The monoisotopic (exact) mass is 452 g/mol. The smallest absolute Gasteiger partial charge is 0.133 e. The number of allylic oxidation sites excluding steroid dienone is 1. The first-order chi connectivity index (χ1) is 16.6. The van der Waals surface area contributed by atoms with Crippen LogP contribution in [0, 0.1) is 5.82 Å². The normalized spacial score (nSPS) is 19.6. The van der Waals surface area contributed by atoms with E-state index in [-0.39, 0.29) is 11.9 Å². The van der Waals surface area contributed by atoms with Gasteiger partial charge in [-0.25, -0.2) is 4.39 Å². The SMILES string of the molecule is C=CCc1cccc2c1[C@H](n1cc(C[C@@H]3CCCN3C)c3cc(F)ccc31)c1ccccc1O2. The van der Waals surface area contributed by atoms with Crippen LogP contribution in [0.4, 0.5) is 4.39 Å². The van der Waals surface area contributed by atoms with Crippen molar-refractivity contribution in [3.05, 3.63) is 108 Å². The van der Waals surface area contributed by atoms with Crippen molar-refractivity contribution in [2.24, 2.45) is 0 Å². The summed E-state index contributed by atoms with van der Waals surface area (Å²) in [6.07, 6.45) is 8.30. The topological polar surface area (TPSA) is 17.4 Å². The highest BCUT2D eigenvalue weighted by Gasteiger charge is 2.32. The Hall–Kier alpha value is -3.37. The highest BCUT2D eigenvalue weighted by atomic mass is 19.1. The van der Waals surface area contributed by atoms with Crippen LogP contribution in [0.2, 0.25) is 0 Å². The summed E-state index contributed by atoms with van der Waals surface area (Å²) in [5.74, 6) is 1.56. The summed E-state index contributed by atoms with van der Waals surface area (Å²) in [7, 11) is 2.20. The van der Waals surface area contributed by atoms with Gasteiger partial charge >= 0.3 is 0 Å². The fourth-order valence-corrected chi connectivity index (χ4v) is 5.85. The summed E-state index contributed by atoms with van der Waals surface area (Å²) in [5.41, 5.74) is 5.75. The van der Waals surface area contributed by atoms with Crippen LogP contribution in [0.15, 0.2) is 79.5 Å². The van der Waals surface area contributed by atoms with E-state index >= 15 is 0 Å². The van der Waals surface area contributed by atoms with Gasteiger partial charge in [-0.3, -0.25) is 0 Å². The lowest BCUT2D eigenvalue weighted by molar-refractivity contribution is 0.309. The van der Waals surface area contributed by atoms with Crippen molar-refractivity contribution in [3.8, 4) is 11.5 Å². The number of nitrogens with zero attached hydrogens (tertiary/aromatic N) is 2. The molecule has 0 bridgehead atoms. The molecule has 3 nitrogen and oxygen atoms in total. The maximum atomic E-state index is 14.5. The molecule has 2 aliphatic rings. The zero-order valence-corrected chi connectivity index (χ0v) is 19.5. The average Bonchev–Trinajstić information content (AvgIpc) is 3.41. The van der Waals surface area contributed by atoms with Crippen LogP contribution in [0.3, 0.4) is 0 Å². The fraction of sp³-hybridized carbons (Fsp3) is 0.267. The first-order valence-electron chi connectivity index (χ1n) is 12.1. The molecule has 34 heavy (non-hydrogen) atoms. The largest absolute Gasteiger partial charge is 0.457 e. The lowest BCUT2D eigenvalue weighted by Crippen LogP contribution is -2.26. The molecule has 1 fully saturated rings. The Morgan fingerprint density at radius 2 is 1.91 bits per heavy atom. The number of likely N-dealkylation sites (tertiary alicyclic amines) is 1. The quantitative estimate of drug-likeness (QED) is 0.270. The molecule has 0 unspecified atom stereocenters. The summed E-state index contributed by atoms with van der Waals surface area (Å²) in [5, 5.41) is 1.01. The van der Waals surface area contributed by atoms with Gasteiger partial charge in [0.1, 0.15) is 17.3 Å². The van der Waals surface area contributed by atoms with E-state index in [0.717, 1.165) is 52.9 Å². The van der Waals surface area contributed by atoms with Crippen molar-refractivity contribution in [2.75, 3.05) is 13.6 Å². The van der Waals surface area contributed by atoms with Crippen molar-refractivity contribution >= 4 is 10.9 Å². The third-order valence-electron chi connectivity index (χ3n) is 7.51. The van der Waals surface area contributed by atoms with Crippen LogP contribution in [0.25, 0.3) is 10.9 Å². The molecule has 3 aromatic carbocycles. The van der Waals surface area contributed by atoms with E-state index in [0.29, 0.717) is 6.04 Å². The Morgan fingerprint density at radius 1 is 1.06 bits per heavy atom. The molecule has 4 aromatic rings. The second-order valence-electron chi connectivity index (χ2n) is 9.57. The predicted molar refractivity (Wildman–Crippen MR) is 135 cm³/mol. The number of benzene rings is 3. The van der Waals surface area contributed by atoms with E-state index in [2.05, 4.69) is 47.5 Å². The zero-order valence-electron chi connectivity index (χ0n) is 19.5. The fourth-order valence-electron chi connectivity index (χ4n) is 5.85. The number of aromatic nitrogens is 1. The second kappa shape index (κ2) is 8.44. The molecule has 6 rings (SSSR count). The van der Waals surface area contributed by atoms with E-state index in [4.69, 9.17) is 4.74 Å². The standard InChI is InChI=1S/C30H29FN2O/c1-3-8-20-9-6-13-28-29(20)30(24-11-4-5-12-27(24)34-28)33-19-21(17-23-10-7-16-32(23)2)25-18-22(31)14-15-26(25)33/h3-6,9,11-15,18-19,23,30H,1,7-8,10,16-17H2,2H3/t23-,30+/m0/s1. The third kappa shape index (κ3) is 3.45. The number of fused-ring (bicyclic) bond motifs is 3. The lowest BCUT2D eigenvalue weighted by Gasteiger charge is -2.31. The minimum atomic E-state index is -0.189. The molecule has 4 heteroatoms.